The van der Waals surface area contributed by atoms with E-state index in [1.165, 1.54) is 12.8 Å². The number of thioether (sulfide) groups is 1. The largest absolute Gasteiger partial charge is 0.377 e. The van der Waals surface area contributed by atoms with E-state index in [9.17, 15) is 4.79 Å². The molecule has 2 unspecified atom stereocenters. The quantitative estimate of drug-likeness (QED) is 0.815. The van der Waals surface area contributed by atoms with Crippen molar-refractivity contribution in [1.82, 2.24) is 15.1 Å². The summed E-state index contributed by atoms with van der Waals surface area (Å²) in [6, 6.07) is 0.0460. The van der Waals surface area contributed by atoms with Gasteiger partial charge in [-0.15, -0.1) is 11.8 Å². The van der Waals surface area contributed by atoms with E-state index in [-0.39, 0.29) is 6.04 Å². The van der Waals surface area contributed by atoms with E-state index in [1.54, 1.807) is 0 Å². The Hall–Kier alpha value is -0.300. The van der Waals surface area contributed by atoms with Crippen molar-refractivity contribution in [2.45, 2.75) is 31.4 Å². The van der Waals surface area contributed by atoms with E-state index in [0.29, 0.717) is 12.0 Å². The Bertz CT molecular complexity index is 330. The number of ether oxygens (including phenoxy) is 1. The lowest BCUT2D eigenvalue weighted by Crippen LogP contribution is -2.46. The van der Waals surface area contributed by atoms with Crippen LogP contribution in [0.25, 0.3) is 0 Å². The van der Waals surface area contributed by atoms with Gasteiger partial charge in [-0.25, -0.2) is 0 Å². The van der Waals surface area contributed by atoms with Crippen LogP contribution in [0.5, 0.6) is 0 Å². The van der Waals surface area contributed by atoms with Gasteiger partial charge in [-0.2, -0.15) is 0 Å². The molecule has 3 fully saturated rings. The maximum atomic E-state index is 12.4. The molecule has 3 aliphatic rings. The maximum absolute atomic E-state index is 12.4. The van der Waals surface area contributed by atoms with Gasteiger partial charge in [0.2, 0.25) is 5.91 Å². The average molecular weight is 299 g/mol. The van der Waals surface area contributed by atoms with Crippen LogP contribution in [0, 0.1) is 0 Å². The number of nitrogens with zero attached hydrogens (tertiary/aromatic N) is 2. The molecule has 0 radical (unpaired) electrons. The smallest absolute Gasteiger partial charge is 0.240 e. The number of nitrogens with one attached hydrogen (secondary N) is 1. The van der Waals surface area contributed by atoms with Crippen LogP contribution in [0.1, 0.15) is 19.3 Å². The standard InChI is InChI=1S/C14H25N3O2S/c18-14(13-10-20-11-15-13)17-5-2-4-16(6-7-17)9-12-3-1-8-19-12/h12-13,15H,1-11H2. The number of hydrogen-bond acceptors (Lipinski definition) is 5. The highest BCUT2D eigenvalue weighted by Gasteiger charge is 2.29. The number of rotatable bonds is 3. The summed E-state index contributed by atoms with van der Waals surface area (Å²) < 4.78 is 5.72. The van der Waals surface area contributed by atoms with E-state index in [4.69, 9.17) is 4.74 Å². The summed E-state index contributed by atoms with van der Waals surface area (Å²) in [5.41, 5.74) is 0. The highest BCUT2D eigenvalue weighted by molar-refractivity contribution is 7.99. The summed E-state index contributed by atoms with van der Waals surface area (Å²) in [7, 11) is 0. The van der Waals surface area contributed by atoms with Crippen LogP contribution in [0.2, 0.25) is 0 Å². The van der Waals surface area contributed by atoms with Gasteiger partial charge in [0.25, 0.3) is 0 Å². The highest BCUT2D eigenvalue weighted by Crippen LogP contribution is 2.16. The van der Waals surface area contributed by atoms with Crippen molar-refractivity contribution in [2.24, 2.45) is 0 Å². The fraction of sp³-hybridized carbons (Fsp3) is 0.929. The molecular formula is C14H25N3O2S. The Morgan fingerprint density at radius 1 is 1.25 bits per heavy atom. The second-order valence-electron chi connectivity index (χ2n) is 5.89. The minimum absolute atomic E-state index is 0.0460. The lowest BCUT2D eigenvalue weighted by Gasteiger charge is -2.25. The highest BCUT2D eigenvalue weighted by atomic mass is 32.2. The molecule has 1 N–H and O–H groups in total. The fourth-order valence-electron chi connectivity index (χ4n) is 3.22. The molecule has 3 aliphatic heterocycles. The number of carbonyl (C=O) groups excluding carboxylic acids is 1. The first kappa shape index (κ1) is 14.6. The average Bonchev–Trinajstić information content (AvgIpc) is 3.10. The predicted molar refractivity (Wildman–Crippen MR) is 80.9 cm³/mol. The molecule has 0 aromatic rings. The van der Waals surface area contributed by atoms with Gasteiger partial charge in [0.15, 0.2) is 0 Å². The molecule has 20 heavy (non-hydrogen) atoms. The molecule has 2 atom stereocenters. The zero-order chi connectivity index (χ0) is 13.8. The first-order valence-electron chi connectivity index (χ1n) is 7.77. The van der Waals surface area contributed by atoms with Gasteiger partial charge in [0.1, 0.15) is 0 Å². The third-order valence-corrected chi connectivity index (χ3v) is 5.34. The molecular weight excluding hydrogens is 274 g/mol. The number of amides is 1. The molecule has 1 amide bonds. The van der Waals surface area contributed by atoms with Gasteiger partial charge in [0.05, 0.1) is 12.1 Å². The van der Waals surface area contributed by atoms with Crippen molar-refractivity contribution < 1.29 is 9.53 Å². The van der Waals surface area contributed by atoms with Crippen molar-refractivity contribution in [1.29, 1.82) is 0 Å². The zero-order valence-corrected chi connectivity index (χ0v) is 12.9. The molecule has 0 aromatic heterocycles. The molecule has 3 saturated heterocycles. The molecule has 3 rings (SSSR count). The Morgan fingerprint density at radius 2 is 2.20 bits per heavy atom. The van der Waals surface area contributed by atoms with Crippen LogP contribution in [-0.2, 0) is 9.53 Å². The Labute approximate surface area is 125 Å². The summed E-state index contributed by atoms with van der Waals surface area (Å²) in [6.07, 6.45) is 3.90. The molecule has 114 valence electrons. The van der Waals surface area contributed by atoms with Crippen molar-refractivity contribution >= 4 is 17.7 Å². The lowest BCUT2D eigenvalue weighted by atomic mass is 10.2. The van der Waals surface area contributed by atoms with Crippen molar-refractivity contribution in [3.8, 4) is 0 Å². The minimum Gasteiger partial charge on any atom is -0.377 e. The van der Waals surface area contributed by atoms with Crippen LogP contribution < -0.4 is 5.32 Å². The molecule has 0 aliphatic carbocycles. The van der Waals surface area contributed by atoms with E-state index in [0.717, 1.165) is 57.4 Å². The monoisotopic (exact) mass is 299 g/mol. The number of hydrogen-bond donors (Lipinski definition) is 1. The van der Waals surface area contributed by atoms with Crippen molar-refractivity contribution in [2.75, 3.05) is 51.0 Å². The van der Waals surface area contributed by atoms with Gasteiger partial charge < -0.3 is 9.64 Å². The first-order chi connectivity index (χ1) is 9.83. The summed E-state index contributed by atoms with van der Waals surface area (Å²) in [6.45, 7) is 5.83. The van der Waals surface area contributed by atoms with E-state index >= 15 is 0 Å². The van der Waals surface area contributed by atoms with Crippen LogP contribution in [0.4, 0.5) is 0 Å². The Balaban J connectivity index is 1.47. The van der Waals surface area contributed by atoms with Gasteiger partial charge in [0, 0.05) is 44.4 Å². The van der Waals surface area contributed by atoms with Crippen LogP contribution >= 0.6 is 11.8 Å². The van der Waals surface area contributed by atoms with Gasteiger partial charge in [-0.05, 0) is 25.8 Å². The second kappa shape index (κ2) is 7.11. The fourth-order valence-corrected chi connectivity index (χ4v) is 4.16. The minimum atomic E-state index is 0.0460. The van der Waals surface area contributed by atoms with E-state index in [1.807, 2.05) is 11.8 Å². The SMILES string of the molecule is O=C(C1CSCN1)N1CCCN(CC2CCCO2)CC1. The van der Waals surface area contributed by atoms with E-state index < -0.39 is 0 Å². The van der Waals surface area contributed by atoms with Gasteiger partial charge >= 0.3 is 0 Å². The van der Waals surface area contributed by atoms with Gasteiger partial charge in [-0.3, -0.25) is 15.0 Å². The molecule has 3 heterocycles. The summed E-state index contributed by atoms with van der Waals surface area (Å²) in [4.78, 5) is 16.9. The number of carbonyl (C=O) groups is 1. The molecule has 0 spiro atoms. The topological polar surface area (TPSA) is 44.8 Å². The van der Waals surface area contributed by atoms with Crippen molar-refractivity contribution in [3.05, 3.63) is 0 Å². The molecule has 0 saturated carbocycles. The van der Waals surface area contributed by atoms with E-state index in [2.05, 4.69) is 15.1 Å². The molecule has 5 nitrogen and oxygen atoms in total. The predicted octanol–water partition coefficient (Wildman–Crippen LogP) is 0.362. The maximum Gasteiger partial charge on any atom is 0.240 e. The first-order valence-corrected chi connectivity index (χ1v) is 8.92. The zero-order valence-electron chi connectivity index (χ0n) is 12.1. The Kier molecular flexibility index (Phi) is 5.20. The molecule has 0 aromatic carbocycles. The van der Waals surface area contributed by atoms with Crippen LogP contribution in [0.3, 0.4) is 0 Å². The lowest BCUT2D eigenvalue weighted by molar-refractivity contribution is -0.132. The Morgan fingerprint density at radius 3 is 2.95 bits per heavy atom. The molecule has 0 bridgehead atoms. The summed E-state index contributed by atoms with van der Waals surface area (Å²) >= 11 is 1.82. The van der Waals surface area contributed by atoms with Crippen LogP contribution in [0.15, 0.2) is 0 Å². The third-order valence-electron chi connectivity index (χ3n) is 4.40. The normalized spacial score (nSPS) is 32.5. The summed E-state index contributed by atoms with van der Waals surface area (Å²) in [5, 5.41) is 3.28. The third kappa shape index (κ3) is 3.67. The van der Waals surface area contributed by atoms with Crippen molar-refractivity contribution in [3.63, 3.8) is 0 Å². The second-order valence-corrected chi connectivity index (χ2v) is 6.92. The van der Waals surface area contributed by atoms with Crippen LogP contribution in [-0.4, -0.2) is 78.8 Å². The summed E-state index contributed by atoms with van der Waals surface area (Å²) in [5.74, 6) is 2.14. The molecule has 6 heteroatoms. The van der Waals surface area contributed by atoms with Gasteiger partial charge in [-0.1, -0.05) is 0 Å².